The number of aliphatic hydroxyl groups excluding tert-OH is 1. The van der Waals surface area contributed by atoms with E-state index in [2.05, 4.69) is 0 Å². The van der Waals surface area contributed by atoms with Gasteiger partial charge >= 0.3 is 0 Å². The van der Waals surface area contributed by atoms with Gasteiger partial charge in [0.15, 0.2) is 0 Å². The van der Waals surface area contributed by atoms with Gasteiger partial charge in [-0.3, -0.25) is 4.79 Å². The lowest BCUT2D eigenvalue weighted by atomic mass is 10.2. The molecular formula is C15H21NO3. The van der Waals surface area contributed by atoms with Crippen LogP contribution in [0.25, 0.3) is 6.08 Å². The molecule has 1 fully saturated rings. The van der Waals surface area contributed by atoms with Crippen molar-refractivity contribution in [1.29, 1.82) is 0 Å². The maximum Gasteiger partial charge on any atom is 0.247 e. The van der Waals surface area contributed by atoms with E-state index in [1.54, 1.807) is 11.0 Å². The molecule has 1 aromatic heterocycles. The summed E-state index contributed by atoms with van der Waals surface area (Å²) in [5.41, 5.74) is 0. The lowest BCUT2D eigenvalue weighted by molar-refractivity contribution is -0.128. The van der Waals surface area contributed by atoms with Crippen molar-refractivity contribution >= 4 is 12.0 Å². The van der Waals surface area contributed by atoms with Crippen LogP contribution in [-0.4, -0.2) is 35.1 Å². The second-order valence-corrected chi connectivity index (χ2v) is 4.98. The van der Waals surface area contributed by atoms with Crippen LogP contribution in [0.2, 0.25) is 0 Å². The third-order valence-electron chi connectivity index (χ3n) is 3.54. The second-order valence-electron chi connectivity index (χ2n) is 4.98. The fourth-order valence-electron chi connectivity index (χ4n) is 2.59. The van der Waals surface area contributed by atoms with Crippen molar-refractivity contribution in [1.82, 2.24) is 4.90 Å². The number of carbonyl (C=O) groups is 1. The van der Waals surface area contributed by atoms with Crippen LogP contribution in [0.1, 0.15) is 37.2 Å². The van der Waals surface area contributed by atoms with Crippen molar-refractivity contribution in [2.24, 2.45) is 0 Å². The molecule has 4 nitrogen and oxygen atoms in total. The number of rotatable bonds is 5. The van der Waals surface area contributed by atoms with E-state index in [1.807, 2.05) is 19.1 Å². The van der Waals surface area contributed by atoms with E-state index in [9.17, 15) is 4.79 Å². The van der Waals surface area contributed by atoms with Crippen molar-refractivity contribution in [3.63, 3.8) is 0 Å². The van der Waals surface area contributed by atoms with Crippen molar-refractivity contribution in [2.75, 3.05) is 13.2 Å². The first-order valence-corrected chi connectivity index (χ1v) is 6.86. The molecule has 1 aromatic rings. The molecule has 19 heavy (non-hydrogen) atoms. The fraction of sp³-hybridized carbons (Fsp3) is 0.533. The highest BCUT2D eigenvalue weighted by Gasteiger charge is 2.24. The lowest BCUT2D eigenvalue weighted by Crippen LogP contribution is -2.39. The van der Waals surface area contributed by atoms with Crippen LogP contribution < -0.4 is 0 Å². The molecule has 2 rings (SSSR count). The quantitative estimate of drug-likeness (QED) is 0.830. The molecule has 1 saturated carbocycles. The Balaban J connectivity index is 2.00. The van der Waals surface area contributed by atoms with Gasteiger partial charge in [-0.1, -0.05) is 12.8 Å². The van der Waals surface area contributed by atoms with E-state index in [1.165, 1.54) is 18.9 Å². The Morgan fingerprint density at radius 1 is 1.47 bits per heavy atom. The van der Waals surface area contributed by atoms with E-state index in [4.69, 9.17) is 9.52 Å². The van der Waals surface area contributed by atoms with E-state index in [0.717, 1.165) is 18.6 Å². The zero-order valence-electron chi connectivity index (χ0n) is 11.3. The third kappa shape index (κ3) is 3.70. The number of hydrogen-bond donors (Lipinski definition) is 1. The van der Waals surface area contributed by atoms with E-state index < -0.39 is 0 Å². The summed E-state index contributed by atoms with van der Waals surface area (Å²) in [5, 5.41) is 9.10. The molecule has 0 atom stereocenters. The summed E-state index contributed by atoms with van der Waals surface area (Å²) in [4.78, 5) is 14.0. The van der Waals surface area contributed by atoms with E-state index in [0.29, 0.717) is 12.3 Å². The molecule has 0 aromatic carbocycles. The normalized spacial score (nSPS) is 16.3. The highest BCUT2D eigenvalue weighted by molar-refractivity contribution is 5.91. The summed E-state index contributed by atoms with van der Waals surface area (Å²) in [6, 6.07) is 3.99. The molecule has 0 saturated heterocycles. The number of aliphatic hydroxyl groups is 1. The summed E-state index contributed by atoms with van der Waals surface area (Å²) in [7, 11) is 0. The number of furan rings is 1. The predicted octanol–water partition coefficient (Wildman–Crippen LogP) is 2.36. The van der Waals surface area contributed by atoms with Gasteiger partial charge in [-0.05, 0) is 38.0 Å². The van der Waals surface area contributed by atoms with E-state index in [-0.39, 0.29) is 18.6 Å². The van der Waals surface area contributed by atoms with Crippen molar-refractivity contribution in [3.8, 4) is 0 Å². The zero-order chi connectivity index (χ0) is 13.7. The minimum atomic E-state index is -0.0463. The number of aryl methyl sites for hydroxylation is 1. The Kier molecular flexibility index (Phi) is 4.80. The molecule has 0 aliphatic heterocycles. The first-order valence-electron chi connectivity index (χ1n) is 6.86. The first kappa shape index (κ1) is 13.9. The standard InChI is InChI=1S/C15H21NO3/c1-12-6-7-14(19-12)8-9-15(18)16(10-11-17)13-4-2-3-5-13/h6-9,13,17H,2-5,10-11H2,1H3. The van der Waals surface area contributed by atoms with Gasteiger partial charge in [0.2, 0.25) is 5.91 Å². The van der Waals surface area contributed by atoms with Gasteiger partial charge in [-0.2, -0.15) is 0 Å². The molecule has 0 radical (unpaired) electrons. The molecule has 0 unspecified atom stereocenters. The summed E-state index contributed by atoms with van der Waals surface area (Å²) in [5.74, 6) is 1.46. The van der Waals surface area contributed by atoms with Crippen LogP contribution in [0.15, 0.2) is 22.6 Å². The highest BCUT2D eigenvalue weighted by atomic mass is 16.3. The van der Waals surface area contributed by atoms with Gasteiger partial charge in [0, 0.05) is 18.7 Å². The Hall–Kier alpha value is -1.55. The van der Waals surface area contributed by atoms with Crippen LogP contribution in [0.5, 0.6) is 0 Å². The van der Waals surface area contributed by atoms with Crippen LogP contribution >= 0.6 is 0 Å². The molecule has 0 spiro atoms. The minimum Gasteiger partial charge on any atom is -0.462 e. The summed E-state index contributed by atoms with van der Waals surface area (Å²) in [6.45, 7) is 2.29. The Bertz CT molecular complexity index is 444. The molecule has 1 heterocycles. The van der Waals surface area contributed by atoms with Crippen molar-refractivity contribution in [3.05, 3.63) is 29.7 Å². The Labute approximate surface area is 113 Å². The number of hydrogen-bond acceptors (Lipinski definition) is 3. The smallest absolute Gasteiger partial charge is 0.247 e. The minimum absolute atomic E-state index is 0.00986. The maximum atomic E-state index is 12.2. The van der Waals surface area contributed by atoms with Crippen LogP contribution in [-0.2, 0) is 4.79 Å². The molecule has 1 aliphatic rings. The summed E-state index contributed by atoms with van der Waals surface area (Å²) in [6.07, 6.45) is 7.64. The average molecular weight is 263 g/mol. The molecule has 1 N–H and O–H groups in total. The second kappa shape index (κ2) is 6.57. The van der Waals surface area contributed by atoms with Crippen molar-refractivity contribution in [2.45, 2.75) is 38.6 Å². The molecule has 4 heteroatoms. The number of amides is 1. The Morgan fingerprint density at radius 2 is 2.21 bits per heavy atom. The molecule has 104 valence electrons. The van der Waals surface area contributed by atoms with E-state index >= 15 is 0 Å². The van der Waals surface area contributed by atoms with Gasteiger partial charge in [0.05, 0.1) is 6.61 Å². The summed E-state index contributed by atoms with van der Waals surface area (Å²) >= 11 is 0. The van der Waals surface area contributed by atoms with Gasteiger partial charge < -0.3 is 14.4 Å². The topological polar surface area (TPSA) is 53.7 Å². The fourth-order valence-corrected chi connectivity index (χ4v) is 2.59. The zero-order valence-corrected chi connectivity index (χ0v) is 11.3. The molecular weight excluding hydrogens is 242 g/mol. The van der Waals surface area contributed by atoms with Crippen LogP contribution in [0.4, 0.5) is 0 Å². The molecule has 1 amide bonds. The van der Waals surface area contributed by atoms with Gasteiger partial charge in [-0.25, -0.2) is 0 Å². The molecule has 0 bridgehead atoms. The van der Waals surface area contributed by atoms with Crippen LogP contribution in [0.3, 0.4) is 0 Å². The average Bonchev–Trinajstić information content (AvgIpc) is 3.04. The van der Waals surface area contributed by atoms with Gasteiger partial charge in [-0.15, -0.1) is 0 Å². The largest absolute Gasteiger partial charge is 0.462 e. The first-order chi connectivity index (χ1) is 9.20. The monoisotopic (exact) mass is 263 g/mol. The summed E-state index contributed by atoms with van der Waals surface area (Å²) < 4.78 is 5.39. The van der Waals surface area contributed by atoms with Crippen LogP contribution in [0, 0.1) is 6.92 Å². The number of nitrogens with zero attached hydrogens (tertiary/aromatic N) is 1. The lowest BCUT2D eigenvalue weighted by Gasteiger charge is -2.27. The van der Waals surface area contributed by atoms with Gasteiger partial charge in [0.1, 0.15) is 11.5 Å². The maximum absolute atomic E-state index is 12.2. The SMILES string of the molecule is Cc1ccc(C=CC(=O)N(CCO)C2CCCC2)o1. The molecule has 1 aliphatic carbocycles. The third-order valence-corrected chi connectivity index (χ3v) is 3.54. The number of carbonyl (C=O) groups excluding carboxylic acids is 1. The van der Waals surface area contributed by atoms with Crippen molar-refractivity contribution < 1.29 is 14.3 Å². The predicted molar refractivity (Wildman–Crippen MR) is 73.5 cm³/mol. The Morgan fingerprint density at radius 3 is 2.79 bits per heavy atom. The highest BCUT2D eigenvalue weighted by Crippen LogP contribution is 2.23. The van der Waals surface area contributed by atoms with Gasteiger partial charge in [0.25, 0.3) is 0 Å².